The molecular weight excluding hydrogens is 431 g/mol. The van der Waals surface area contributed by atoms with E-state index < -0.39 is 43.8 Å². The molecule has 168 valence electrons. The van der Waals surface area contributed by atoms with Gasteiger partial charge >= 0.3 is 5.69 Å². The molecule has 2 aliphatic rings. The third-order valence-corrected chi connectivity index (χ3v) is 5.48. The standard InChI is InChI=1S/C18H23N4O8P/c1-8-4-10-11(5-9(8)2)22(16-14(19-10)17(26)21-18(27)20-16)6-12(23)15(25)13(24)7-30-31(3,28)29/h4-5,12-13,15,23-25H,6-7H2,1-3H3,(H,28,29)(H,21,26,27)/p-1/t12-,13+,15-/m1/s1. The highest BCUT2D eigenvalue weighted by Crippen LogP contribution is 2.31. The Hall–Kier alpha value is -2.47. The molecular formula is C18H22N4O8P-. The highest BCUT2D eigenvalue weighted by molar-refractivity contribution is 7.50. The lowest BCUT2D eigenvalue weighted by atomic mass is 10.1. The second-order valence-corrected chi connectivity index (χ2v) is 9.18. The number of aliphatic hydroxyl groups excluding tert-OH is 3. The first-order chi connectivity index (χ1) is 14.4. The minimum Gasteiger partial charge on any atom is -0.779 e. The summed E-state index contributed by atoms with van der Waals surface area (Å²) in [5.74, 6) is -0.112. The van der Waals surface area contributed by atoms with Crippen molar-refractivity contribution in [1.82, 2.24) is 19.5 Å². The Kier molecular flexibility index (Phi) is 6.42. The van der Waals surface area contributed by atoms with E-state index in [1.54, 1.807) is 12.1 Å². The number of hydrogen-bond acceptors (Lipinski definition) is 10. The Morgan fingerprint density at radius 3 is 2.45 bits per heavy atom. The monoisotopic (exact) mass is 453 g/mol. The summed E-state index contributed by atoms with van der Waals surface area (Å²) in [5.41, 5.74) is 0.778. The number of hydrogen-bond donors (Lipinski definition) is 4. The molecule has 31 heavy (non-hydrogen) atoms. The van der Waals surface area contributed by atoms with E-state index >= 15 is 0 Å². The van der Waals surface area contributed by atoms with Crippen LogP contribution in [0.2, 0.25) is 0 Å². The quantitative estimate of drug-likeness (QED) is 0.241. The summed E-state index contributed by atoms with van der Waals surface area (Å²) in [7, 11) is -4.14. The fraction of sp³-hybridized carbons (Fsp3) is 0.444. The molecule has 1 unspecified atom stereocenters. The molecule has 3 rings (SSSR count). The van der Waals surface area contributed by atoms with E-state index in [4.69, 9.17) is 0 Å². The molecule has 0 spiro atoms. The van der Waals surface area contributed by atoms with Gasteiger partial charge in [0.2, 0.25) is 0 Å². The summed E-state index contributed by atoms with van der Waals surface area (Å²) in [5, 5.41) is 30.7. The number of aromatic amines is 1. The number of aromatic nitrogens is 4. The number of rotatable bonds is 7. The van der Waals surface area contributed by atoms with E-state index in [-0.39, 0.29) is 18.1 Å². The number of H-pyrrole nitrogens is 1. The van der Waals surface area contributed by atoms with Crippen LogP contribution in [-0.4, -0.2) is 66.4 Å². The summed E-state index contributed by atoms with van der Waals surface area (Å²) in [4.78, 5) is 45.3. The predicted molar refractivity (Wildman–Crippen MR) is 108 cm³/mol. The van der Waals surface area contributed by atoms with Gasteiger partial charge in [0.15, 0.2) is 11.5 Å². The number of nitrogens with one attached hydrogen (secondary N) is 1. The minimum atomic E-state index is -4.14. The third-order valence-electron chi connectivity index (χ3n) is 4.86. The van der Waals surface area contributed by atoms with Gasteiger partial charge in [-0.05, 0) is 37.1 Å². The topological polar surface area (TPSA) is 191 Å². The predicted octanol–water partition coefficient (Wildman–Crippen LogP) is -1.52. The van der Waals surface area contributed by atoms with E-state index in [9.17, 15) is 34.4 Å². The van der Waals surface area contributed by atoms with Crippen molar-refractivity contribution in [3.63, 3.8) is 0 Å². The molecule has 0 bridgehead atoms. The van der Waals surface area contributed by atoms with Gasteiger partial charge in [0.1, 0.15) is 25.9 Å². The first-order valence-corrected chi connectivity index (χ1v) is 11.3. The lowest BCUT2D eigenvalue weighted by Gasteiger charge is -2.27. The SMILES string of the molecule is Cc1cc2nc3c(=O)[nH]c(=O)nc-3n(C[C@@H](O)[C@@H](O)[C@@H](O)COP(C)(=O)[O-])c2cc1C. The summed E-state index contributed by atoms with van der Waals surface area (Å²) in [6.07, 6.45) is -5.14. The van der Waals surface area contributed by atoms with E-state index in [0.29, 0.717) is 11.0 Å². The van der Waals surface area contributed by atoms with Crippen molar-refractivity contribution in [2.24, 2.45) is 0 Å². The van der Waals surface area contributed by atoms with Crippen LogP contribution >= 0.6 is 7.60 Å². The third kappa shape index (κ3) is 5.06. The molecule has 1 aromatic carbocycles. The minimum absolute atomic E-state index is 0.112. The van der Waals surface area contributed by atoms with Crippen LogP contribution in [0.4, 0.5) is 0 Å². The second-order valence-electron chi connectivity index (χ2n) is 7.38. The van der Waals surface area contributed by atoms with Gasteiger partial charge in [-0.2, -0.15) is 4.98 Å². The van der Waals surface area contributed by atoms with Crippen molar-refractivity contribution in [2.45, 2.75) is 38.7 Å². The molecule has 13 heteroatoms. The van der Waals surface area contributed by atoms with Crippen molar-refractivity contribution >= 4 is 18.6 Å². The lowest BCUT2D eigenvalue weighted by Crippen LogP contribution is -2.42. The number of aliphatic hydroxyl groups is 3. The average molecular weight is 453 g/mol. The van der Waals surface area contributed by atoms with Crippen molar-refractivity contribution < 1.29 is 29.3 Å². The molecule has 0 fully saturated rings. The molecule has 4 N–H and O–H groups in total. The number of nitrogens with zero attached hydrogens (tertiary/aromatic N) is 3. The van der Waals surface area contributed by atoms with Crippen LogP contribution in [0.15, 0.2) is 21.7 Å². The number of benzene rings is 1. The van der Waals surface area contributed by atoms with Crippen LogP contribution in [0.1, 0.15) is 11.1 Å². The van der Waals surface area contributed by atoms with Crippen LogP contribution in [0.25, 0.3) is 22.6 Å². The highest BCUT2D eigenvalue weighted by atomic mass is 31.2. The van der Waals surface area contributed by atoms with Gasteiger partial charge < -0.3 is 33.9 Å². The Morgan fingerprint density at radius 2 is 1.81 bits per heavy atom. The molecule has 0 amide bonds. The highest BCUT2D eigenvalue weighted by Gasteiger charge is 2.28. The zero-order valence-corrected chi connectivity index (χ0v) is 17.9. The van der Waals surface area contributed by atoms with Crippen LogP contribution < -0.4 is 16.1 Å². The van der Waals surface area contributed by atoms with Gasteiger partial charge in [-0.15, -0.1) is 0 Å². The van der Waals surface area contributed by atoms with Crippen molar-refractivity contribution in [3.05, 3.63) is 44.1 Å². The van der Waals surface area contributed by atoms with Gasteiger partial charge in [-0.3, -0.25) is 9.78 Å². The molecule has 0 saturated carbocycles. The largest absolute Gasteiger partial charge is 0.779 e. The molecule has 0 aromatic heterocycles. The zero-order chi connectivity index (χ0) is 23.1. The molecule has 0 aliphatic carbocycles. The van der Waals surface area contributed by atoms with Crippen LogP contribution in [0.5, 0.6) is 0 Å². The summed E-state index contributed by atoms with van der Waals surface area (Å²) >= 11 is 0. The average Bonchev–Trinajstić information content (AvgIpc) is 2.67. The summed E-state index contributed by atoms with van der Waals surface area (Å²) in [6.45, 7) is 3.37. The van der Waals surface area contributed by atoms with Gasteiger partial charge in [0.25, 0.3) is 5.56 Å². The molecule has 0 radical (unpaired) electrons. The van der Waals surface area contributed by atoms with Crippen LogP contribution in [0, 0.1) is 13.8 Å². The van der Waals surface area contributed by atoms with Gasteiger partial charge in [0.05, 0.1) is 24.2 Å². The fourth-order valence-electron chi connectivity index (χ4n) is 3.10. The van der Waals surface area contributed by atoms with Gasteiger partial charge in [-0.25, -0.2) is 9.78 Å². The Labute approximate surface area is 175 Å². The van der Waals surface area contributed by atoms with E-state index in [1.807, 2.05) is 18.8 Å². The Balaban J connectivity index is 2.06. The normalized spacial score (nSPS) is 16.9. The van der Waals surface area contributed by atoms with Crippen LogP contribution in [0.3, 0.4) is 0 Å². The Bertz CT molecular complexity index is 1250. The number of fused-ring (bicyclic) bond motifs is 2. The van der Waals surface area contributed by atoms with E-state index in [2.05, 4.69) is 14.5 Å². The van der Waals surface area contributed by atoms with E-state index in [0.717, 1.165) is 17.8 Å². The second kappa shape index (κ2) is 8.58. The van der Waals surface area contributed by atoms with Crippen molar-refractivity contribution in [2.75, 3.05) is 13.3 Å². The maximum absolute atomic E-state index is 12.3. The molecule has 12 nitrogen and oxygen atoms in total. The van der Waals surface area contributed by atoms with E-state index in [1.165, 1.54) is 4.57 Å². The zero-order valence-electron chi connectivity index (χ0n) is 17.0. The van der Waals surface area contributed by atoms with Gasteiger partial charge in [0, 0.05) is 6.66 Å². The molecule has 4 atom stereocenters. The van der Waals surface area contributed by atoms with Crippen molar-refractivity contribution in [3.8, 4) is 11.5 Å². The smallest absolute Gasteiger partial charge is 0.349 e. The molecule has 0 saturated heterocycles. The molecule has 2 heterocycles. The fourth-order valence-corrected chi connectivity index (χ4v) is 3.52. The molecule has 1 aromatic rings. The van der Waals surface area contributed by atoms with Crippen molar-refractivity contribution in [1.29, 1.82) is 0 Å². The molecule has 2 aliphatic heterocycles. The number of aryl methyl sites for hydroxylation is 2. The maximum Gasteiger partial charge on any atom is 0.349 e. The summed E-state index contributed by atoms with van der Waals surface area (Å²) in [6, 6.07) is 3.46. The lowest BCUT2D eigenvalue weighted by molar-refractivity contribution is -0.200. The Morgan fingerprint density at radius 1 is 1.16 bits per heavy atom. The maximum atomic E-state index is 12.3. The van der Waals surface area contributed by atoms with Gasteiger partial charge in [-0.1, -0.05) is 0 Å². The first-order valence-electron chi connectivity index (χ1n) is 9.26. The van der Waals surface area contributed by atoms with Crippen LogP contribution in [-0.2, 0) is 15.6 Å². The summed E-state index contributed by atoms with van der Waals surface area (Å²) < 4.78 is 16.9. The first kappa shape index (κ1) is 23.2.